The fourth-order valence-corrected chi connectivity index (χ4v) is 2.88. The molecule has 29 heavy (non-hydrogen) atoms. The van der Waals surface area contributed by atoms with Crippen molar-refractivity contribution in [1.29, 1.82) is 0 Å². The molecule has 7 nitrogen and oxygen atoms in total. The number of hydrogen-bond donors (Lipinski definition) is 0. The number of carbonyl (C=O) groups is 2. The average molecular weight is 392 g/mol. The van der Waals surface area contributed by atoms with Crippen molar-refractivity contribution in [2.75, 3.05) is 14.2 Å². The Balaban J connectivity index is 1.60. The SMILES string of the molecule is COc1ccc(OC)c(/C=C2/Oc3cc(OC(=O)c4ccco4)ccc3C2=O)c1. The van der Waals surface area contributed by atoms with E-state index in [9.17, 15) is 9.59 Å². The number of hydrogen-bond acceptors (Lipinski definition) is 7. The molecule has 2 aromatic carbocycles. The molecule has 146 valence electrons. The predicted molar refractivity (Wildman–Crippen MR) is 103 cm³/mol. The van der Waals surface area contributed by atoms with Gasteiger partial charge in [-0.05, 0) is 48.5 Å². The van der Waals surface area contributed by atoms with E-state index in [4.69, 9.17) is 23.4 Å². The number of ketones is 1. The first-order valence-corrected chi connectivity index (χ1v) is 8.65. The maximum atomic E-state index is 12.7. The zero-order valence-corrected chi connectivity index (χ0v) is 15.6. The van der Waals surface area contributed by atoms with Crippen molar-refractivity contribution < 1.29 is 33.0 Å². The highest BCUT2D eigenvalue weighted by atomic mass is 16.5. The summed E-state index contributed by atoms with van der Waals surface area (Å²) < 4.78 is 26.5. The Kier molecular flexibility index (Phi) is 4.78. The molecular weight excluding hydrogens is 376 g/mol. The summed E-state index contributed by atoms with van der Waals surface area (Å²) in [5.41, 5.74) is 1.00. The molecule has 1 aliphatic heterocycles. The lowest BCUT2D eigenvalue weighted by Crippen LogP contribution is -2.07. The highest BCUT2D eigenvalue weighted by molar-refractivity contribution is 6.14. The second-order valence-electron chi connectivity index (χ2n) is 6.07. The fourth-order valence-electron chi connectivity index (χ4n) is 2.88. The molecule has 1 aliphatic rings. The summed E-state index contributed by atoms with van der Waals surface area (Å²) in [6, 6.07) is 12.9. The van der Waals surface area contributed by atoms with E-state index in [0.717, 1.165) is 0 Å². The monoisotopic (exact) mass is 392 g/mol. The van der Waals surface area contributed by atoms with Crippen LogP contribution in [0.3, 0.4) is 0 Å². The van der Waals surface area contributed by atoms with Gasteiger partial charge in [-0.3, -0.25) is 4.79 Å². The van der Waals surface area contributed by atoms with Crippen LogP contribution in [-0.4, -0.2) is 26.0 Å². The molecule has 4 rings (SSSR count). The van der Waals surface area contributed by atoms with Gasteiger partial charge >= 0.3 is 5.97 Å². The van der Waals surface area contributed by atoms with Crippen LogP contribution >= 0.6 is 0 Å². The Bertz CT molecular complexity index is 1110. The number of Topliss-reactive ketones (excluding diaryl/α,β-unsaturated/α-hetero) is 1. The van der Waals surface area contributed by atoms with Crippen LogP contribution in [0.15, 0.2) is 65.0 Å². The van der Waals surface area contributed by atoms with Gasteiger partial charge in [0.15, 0.2) is 5.76 Å². The minimum atomic E-state index is -0.642. The molecule has 0 atom stereocenters. The van der Waals surface area contributed by atoms with Crippen LogP contribution in [0, 0.1) is 0 Å². The van der Waals surface area contributed by atoms with E-state index in [0.29, 0.717) is 28.4 Å². The average Bonchev–Trinajstić information content (AvgIpc) is 3.37. The molecule has 3 aromatic rings. The first-order chi connectivity index (χ1) is 14.1. The molecule has 0 saturated carbocycles. The maximum Gasteiger partial charge on any atom is 0.379 e. The molecule has 0 fully saturated rings. The number of benzene rings is 2. The van der Waals surface area contributed by atoms with Crippen molar-refractivity contribution >= 4 is 17.8 Å². The van der Waals surface area contributed by atoms with Gasteiger partial charge in [0.05, 0.1) is 26.0 Å². The highest BCUT2D eigenvalue weighted by Crippen LogP contribution is 2.36. The predicted octanol–water partition coefficient (Wildman–Crippen LogP) is 4.13. The summed E-state index contributed by atoms with van der Waals surface area (Å²) in [6.07, 6.45) is 2.96. The standard InChI is InChI=1S/C22H16O7/c1-25-14-6-8-17(26-2)13(10-14)11-20-21(23)16-7-5-15(12-19(16)29-20)28-22(24)18-4-3-9-27-18/h3-12H,1-2H3/b20-11+. The molecule has 0 aliphatic carbocycles. The largest absolute Gasteiger partial charge is 0.497 e. The molecule has 0 bridgehead atoms. The lowest BCUT2D eigenvalue weighted by Gasteiger charge is -2.08. The molecule has 0 unspecified atom stereocenters. The summed E-state index contributed by atoms with van der Waals surface area (Å²) in [4.78, 5) is 24.7. The number of esters is 1. The first-order valence-electron chi connectivity index (χ1n) is 8.65. The number of furan rings is 1. The Morgan fingerprint density at radius 1 is 1.00 bits per heavy atom. The van der Waals surface area contributed by atoms with Gasteiger partial charge in [0.25, 0.3) is 0 Å². The molecule has 0 spiro atoms. The zero-order chi connectivity index (χ0) is 20.4. The normalized spacial score (nSPS) is 13.7. The number of carbonyl (C=O) groups excluding carboxylic acids is 2. The molecule has 2 heterocycles. The van der Waals surface area contributed by atoms with E-state index >= 15 is 0 Å². The van der Waals surface area contributed by atoms with Crippen LogP contribution in [0.5, 0.6) is 23.0 Å². The minimum Gasteiger partial charge on any atom is -0.497 e. The fraction of sp³-hybridized carbons (Fsp3) is 0.0909. The number of rotatable bonds is 5. The number of allylic oxidation sites excluding steroid dienone is 1. The number of ether oxygens (including phenoxy) is 4. The second-order valence-corrected chi connectivity index (χ2v) is 6.07. The summed E-state index contributed by atoms with van der Waals surface area (Å²) in [6.45, 7) is 0. The maximum absolute atomic E-state index is 12.7. The van der Waals surface area contributed by atoms with E-state index in [1.54, 1.807) is 43.5 Å². The summed E-state index contributed by atoms with van der Waals surface area (Å²) >= 11 is 0. The lowest BCUT2D eigenvalue weighted by molar-refractivity contribution is 0.0701. The van der Waals surface area contributed by atoms with Crippen LogP contribution in [0.4, 0.5) is 0 Å². The third-order valence-corrected chi connectivity index (χ3v) is 4.30. The smallest absolute Gasteiger partial charge is 0.379 e. The van der Waals surface area contributed by atoms with Gasteiger partial charge < -0.3 is 23.4 Å². The van der Waals surface area contributed by atoms with Crippen LogP contribution in [0.25, 0.3) is 6.08 Å². The summed E-state index contributed by atoms with van der Waals surface area (Å²) in [5.74, 6) is 0.997. The summed E-state index contributed by atoms with van der Waals surface area (Å²) in [5, 5.41) is 0. The minimum absolute atomic E-state index is 0.0770. The lowest BCUT2D eigenvalue weighted by atomic mass is 10.1. The van der Waals surface area contributed by atoms with Crippen molar-refractivity contribution in [3.63, 3.8) is 0 Å². The van der Waals surface area contributed by atoms with E-state index in [2.05, 4.69) is 0 Å². The summed E-state index contributed by atoms with van der Waals surface area (Å²) in [7, 11) is 3.09. The van der Waals surface area contributed by atoms with Crippen molar-refractivity contribution in [2.24, 2.45) is 0 Å². The molecule has 0 N–H and O–H groups in total. The van der Waals surface area contributed by atoms with Gasteiger partial charge in [0.2, 0.25) is 11.5 Å². The van der Waals surface area contributed by atoms with E-state index in [1.807, 2.05) is 0 Å². The number of methoxy groups -OCH3 is 2. The van der Waals surface area contributed by atoms with E-state index < -0.39 is 5.97 Å². The molecule has 7 heteroatoms. The van der Waals surface area contributed by atoms with Crippen molar-refractivity contribution in [3.05, 3.63) is 77.4 Å². The zero-order valence-electron chi connectivity index (χ0n) is 15.6. The van der Waals surface area contributed by atoms with Crippen molar-refractivity contribution in [3.8, 4) is 23.0 Å². The quantitative estimate of drug-likeness (QED) is 0.367. The number of fused-ring (bicyclic) bond motifs is 1. The second kappa shape index (κ2) is 7.55. The molecule has 1 aromatic heterocycles. The third-order valence-electron chi connectivity index (χ3n) is 4.30. The van der Waals surface area contributed by atoms with Gasteiger partial charge in [-0.15, -0.1) is 0 Å². The molecule has 0 amide bonds. The Hall–Kier alpha value is -4.00. The highest BCUT2D eigenvalue weighted by Gasteiger charge is 2.28. The van der Waals surface area contributed by atoms with Crippen LogP contribution in [0.1, 0.15) is 26.5 Å². The van der Waals surface area contributed by atoms with Crippen molar-refractivity contribution in [1.82, 2.24) is 0 Å². The van der Waals surface area contributed by atoms with Gasteiger partial charge in [-0.25, -0.2) is 4.79 Å². The molecular formula is C22H16O7. The van der Waals surface area contributed by atoms with Crippen LogP contribution < -0.4 is 18.9 Å². The van der Waals surface area contributed by atoms with Gasteiger partial charge in [0.1, 0.15) is 23.0 Å². The van der Waals surface area contributed by atoms with E-state index in [1.165, 1.54) is 31.6 Å². The molecule has 0 radical (unpaired) electrons. The Morgan fingerprint density at radius 3 is 2.55 bits per heavy atom. The first kappa shape index (κ1) is 18.4. The van der Waals surface area contributed by atoms with Gasteiger partial charge in [0, 0.05) is 11.6 Å². The van der Waals surface area contributed by atoms with Crippen LogP contribution in [-0.2, 0) is 0 Å². The van der Waals surface area contributed by atoms with Crippen LogP contribution in [0.2, 0.25) is 0 Å². The molecule has 0 saturated heterocycles. The van der Waals surface area contributed by atoms with Crippen molar-refractivity contribution in [2.45, 2.75) is 0 Å². The van der Waals surface area contributed by atoms with E-state index in [-0.39, 0.29) is 23.1 Å². The topological polar surface area (TPSA) is 84.2 Å². The Morgan fingerprint density at radius 2 is 1.83 bits per heavy atom. The van der Waals surface area contributed by atoms with Gasteiger partial charge in [-0.2, -0.15) is 0 Å². The third kappa shape index (κ3) is 3.58. The van der Waals surface area contributed by atoms with Gasteiger partial charge in [-0.1, -0.05) is 0 Å². The Labute approximate surface area is 166 Å².